The second kappa shape index (κ2) is 11.0. The summed E-state index contributed by atoms with van der Waals surface area (Å²) in [5.41, 5.74) is 11.9. The van der Waals surface area contributed by atoms with E-state index < -0.39 is 0 Å². The van der Waals surface area contributed by atoms with E-state index >= 15 is 0 Å². The summed E-state index contributed by atoms with van der Waals surface area (Å²) in [6, 6.07) is 57.7. The second-order valence-corrected chi connectivity index (χ2v) is 10.9. The molecule has 0 saturated carbocycles. The molecule has 0 unspecified atom stereocenters. The van der Waals surface area contributed by atoms with Gasteiger partial charge in [0.05, 0.1) is 0 Å². The maximum absolute atomic E-state index is 6.03. The minimum Gasteiger partial charge on any atom is -0.438 e. The van der Waals surface area contributed by atoms with E-state index in [-0.39, 0.29) is 0 Å². The number of benzene rings is 6. The fraction of sp³-hybridized carbons (Fsp3) is 0. The highest BCUT2D eigenvalue weighted by Crippen LogP contribution is 2.39. The van der Waals surface area contributed by atoms with Gasteiger partial charge in [0, 0.05) is 34.0 Å². The van der Waals surface area contributed by atoms with Crippen LogP contribution in [0.3, 0.4) is 0 Å². The Morgan fingerprint density at radius 1 is 0.386 bits per heavy atom. The minimum atomic E-state index is 0.654. The zero-order chi connectivity index (χ0) is 29.3. The Labute approximate surface area is 256 Å². The van der Waals surface area contributed by atoms with Gasteiger partial charge in [-0.1, -0.05) is 109 Å². The van der Waals surface area contributed by atoms with Gasteiger partial charge in [0.2, 0.25) is 5.71 Å². The number of fused-ring (bicyclic) bond motifs is 3. The van der Waals surface area contributed by atoms with E-state index in [1.807, 2.05) is 24.3 Å². The van der Waals surface area contributed by atoms with Crippen molar-refractivity contribution >= 4 is 39.1 Å². The molecule has 0 spiro atoms. The first-order valence-electron chi connectivity index (χ1n) is 14.8. The molecule has 208 valence electrons. The van der Waals surface area contributed by atoms with Crippen LogP contribution in [0.5, 0.6) is 0 Å². The first-order chi connectivity index (χ1) is 21.8. The van der Waals surface area contributed by atoms with Crippen molar-refractivity contribution in [1.82, 2.24) is 4.98 Å². The standard InChI is InChI=1S/C41H28N2O/c1-3-8-29(9-4-1)31-13-15-32(16-14-31)34-19-23-36(24-20-34)43(35-21-17-33(18-22-35)30-10-5-2-6-11-30)37-25-26-40-39(28-37)38-12-7-27-42-41(38)44-40/h1-28H. The average molecular weight is 565 g/mol. The summed E-state index contributed by atoms with van der Waals surface area (Å²) in [5, 5.41) is 2.06. The molecular weight excluding hydrogens is 536 g/mol. The lowest BCUT2D eigenvalue weighted by atomic mass is 10.00. The molecule has 0 saturated heterocycles. The Hall–Kier alpha value is -5.93. The number of hydrogen-bond acceptors (Lipinski definition) is 3. The molecule has 0 aliphatic carbocycles. The highest BCUT2D eigenvalue weighted by atomic mass is 16.3. The monoisotopic (exact) mass is 564 g/mol. The largest absolute Gasteiger partial charge is 0.438 e. The third-order valence-corrected chi connectivity index (χ3v) is 8.17. The van der Waals surface area contributed by atoms with Gasteiger partial charge >= 0.3 is 0 Å². The number of furan rings is 1. The predicted octanol–water partition coefficient (Wildman–Crippen LogP) is 11.5. The molecule has 0 aliphatic rings. The molecule has 0 bridgehead atoms. The van der Waals surface area contributed by atoms with Crippen molar-refractivity contribution in [2.75, 3.05) is 4.90 Å². The quantitative estimate of drug-likeness (QED) is 0.201. The molecule has 3 heteroatoms. The van der Waals surface area contributed by atoms with E-state index in [1.165, 1.54) is 33.4 Å². The van der Waals surface area contributed by atoms with Crippen LogP contribution in [0.15, 0.2) is 174 Å². The molecular formula is C41H28N2O. The topological polar surface area (TPSA) is 29.3 Å². The summed E-state index contributed by atoms with van der Waals surface area (Å²) in [6.07, 6.45) is 1.77. The van der Waals surface area contributed by atoms with E-state index in [0.717, 1.165) is 33.4 Å². The number of aromatic nitrogens is 1. The highest BCUT2D eigenvalue weighted by molar-refractivity contribution is 6.05. The van der Waals surface area contributed by atoms with Crippen LogP contribution in [0.4, 0.5) is 17.1 Å². The molecule has 2 aromatic heterocycles. The maximum Gasteiger partial charge on any atom is 0.227 e. The van der Waals surface area contributed by atoms with Crippen LogP contribution in [0.1, 0.15) is 0 Å². The number of rotatable bonds is 6. The van der Waals surface area contributed by atoms with Crippen LogP contribution in [0, 0.1) is 0 Å². The Morgan fingerprint density at radius 2 is 0.841 bits per heavy atom. The normalized spacial score (nSPS) is 11.2. The van der Waals surface area contributed by atoms with Gasteiger partial charge in [0.25, 0.3) is 0 Å². The van der Waals surface area contributed by atoms with E-state index in [0.29, 0.717) is 5.71 Å². The number of anilines is 3. The predicted molar refractivity (Wildman–Crippen MR) is 183 cm³/mol. The van der Waals surface area contributed by atoms with Crippen molar-refractivity contribution in [3.05, 3.63) is 170 Å². The Bertz CT molecular complexity index is 2180. The van der Waals surface area contributed by atoms with Gasteiger partial charge in [-0.25, -0.2) is 4.98 Å². The lowest BCUT2D eigenvalue weighted by Crippen LogP contribution is -2.09. The van der Waals surface area contributed by atoms with E-state index in [1.54, 1.807) is 6.20 Å². The molecule has 0 amide bonds. The Morgan fingerprint density at radius 3 is 1.36 bits per heavy atom. The molecule has 8 rings (SSSR count). The first kappa shape index (κ1) is 25.8. The minimum absolute atomic E-state index is 0.654. The van der Waals surface area contributed by atoms with Gasteiger partial charge in [-0.05, 0) is 88.0 Å². The van der Waals surface area contributed by atoms with Crippen molar-refractivity contribution < 1.29 is 4.42 Å². The van der Waals surface area contributed by atoms with Gasteiger partial charge in [-0.3, -0.25) is 0 Å². The van der Waals surface area contributed by atoms with E-state index in [9.17, 15) is 0 Å². The summed E-state index contributed by atoms with van der Waals surface area (Å²) < 4.78 is 6.03. The molecule has 2 heterocycles. The number of hydrogen-bond donors (Lipinski definition) is 0. The lowest BCUT2D eigenvalue weighted by molar-refractivity contribution is 0.654. The fourth-order valence-corrected chi connectivity index (χ4v) is 5.91. The van der Waals surface area contributed by atoms with Gasteiger partial charge in [0.15, 0.2) is 0 Å². The molecule has 0 aliphatic heterocycles. The van der Waals surface area contributed by atoms with Crippen LogP contribution >= 0.6 is 0 Å². The Kier molecular flexibility index (Phi) is 6.47. The molecule has 8 aromatic rings. The summed E-state index contributed by atoms with van der Waals surface area (Å²) in [5.74, 6) is 0. The molecule has 0 radical (unpaired) electrons. The highest BCUT2D eigenvalue weighted by Gasteiger charge is 2.16. The third kappa shape index (κ3) is 4.81. The molecule has 44 heavy (non-hydrogen) atoms. The summed E-state index contributed by atoms with van der Waals surface area (Å²) in [7, 11) is 0. The van der Waals surface area contributed by atoms with Crippen LogP contribution in [0.2, 0.25) is 0 Å². The number of nitrogens with zero attached hydrogens (tertiary/aromatic N) is 2. The molecule has 0 atom stereocenters. The van der Waals surface area contributed by atoms with Gasteiger partial charge < -0.3 is 9.32 Å². The van der Waals surface area contributed by atoms with Gasteiger partial charge in [-0.2, -0.15) is 0 Å². The second-order valence-electron chi connectivity index (χ2n) is 10.9. The third-order valence-electron chi connectivity index (χ3n) is 8.17. The van der Waals surface area contributed by atoms with Crippen molar-refractivity contribution in [2.24, 2.45) is 0 Å². The maximum atomic E-state index is 6.03. The lowest BCUT2D eigenvalue weighted by Gasteiger charge is -2.26. The van der Waals surface area contributed by atoms with Crippen LogP contribution in [-0.4, -0.2) is 4.98 Å². The summed E-state index contributed by atoms with van der Waals surface area (Å²) in [4.78, 5) is 6.73. The summed E-state index contributed by atoms with van der Waals surface area (Å²) >= 11 is 0. The van der Waals surface area contributed by atoms with Crippen molar-refractivity contribution in [2.45, 2.75) is 0 Å². The van der Waals surface area contributed by atoms with Crippen LogP contribution < -0.4 is 4.90 Å². The smallest absolute Gasteiger partial charge is 0.227 e. The van der Waals surface area contributed by atoms with Crippen LogP contribution in [0.25, 0.3) is 55.4 Å². The zero-order valence-electron chi connectivity index (χ0n) is 24.0. The van der Waals surface area contributed by atoms with Crippen molar-refractivity contribution in [3.63, 3.8) is 0 Å². The number of pyridine rings is 1. The molecule has 6 aromatic carbocycles. The molecule has 0 fully saturated rings. The fourth-order valence-electron chi connectivity index (χ4n) is 5.91. The van der Waals surface area contributed by atoms with E-state index in [4.69, 9.17) is 4.42 Å². The van der Waals surface area contributed by atoms with Crippen LogP contribution in [-0.2, 0) is 0 Å². The zero-order valence-corrected chi connectivity index (χ0v) is 24.0. The molecule has 3 nitrogen and oxygen atoms in total. The van der Waals surface area contributed by atoms with Crippen molar-refractivity contribution in [3.8, 4) is 33.4 Å². The van der Waals surface area contributed by atoms with E-state index in [2.05, 4.69) is 149 Å². The van der Waals surface area contributed by atoms with Gasteiger partial charge in [0.1, 0.15) is 5.58 Å². The van der Waals surface area contributed by atoms with Crippen molar-refractivity contribution in [1.29, 1.82) is 0 Å². The summed E-state index contributed by atoms with van der Waals surface area (Å²) in [6.45, 7) is 0. The first-order valence-corrected chi connectivity index (χ1v) is 14.8. The van der Waals surface area contributed by atoms with Gasteiger partial charge in [-0.15, -0.1) is 0 Å². The molecule has 0 N–H and O–H groups in total. The Balaban J connectivity index is 1.18. The average Bonchev–Trinajstić information content (AvgIpc) is 3.48. The SMILES string of the molecule is c1ccc(-c2ccc(-c3ccc(N(c4ccc(-c5ccccc5)cc4)c4ccc5oc6ncccc6c5c4)cc3)cc2)cc1.